The molecule has 0 amide bonds. The van der Waals surface area contributed by atoms with Crippen LogP contribution in [0.2, 0.25) is 0 Å². The van der Waals surface area contributed by atoms with Crippen molar-refractivity contribution in [2.45, 2.75) is 37.8 Å². The van der Waals surface area contributed by atoms with Crippen molar-refractivity contribution in [2.24, 2.45) is 11.1 Å². The number of ether oxygens (including phenoxy) is 2. The first-order valence-electron chi connectivity index (χ1n) is 9.12. The number of nitroso groups, excluding NO2 is 1. The van der Waals surface area contributed by atoms with Crippen molar-refractivity contribution in [2.75, 3.05) is 19.5 Å². The van der Waals surface area contributed by atoms with Crippen LogP contribution in [0.3, 0.4) is 0 Å². The van der Waals surface area contributed by atoms with E-state index in [1.54, 1.807) is 14.2 Å². The monoisotopic (exact) mass is 354 g/mol. The highest BCUT2D eigenvalue weighted by Gasteiger charge is 2.33. The molecule has 26 heavy (non-hydrogen) atoms. The number of nitrogens with zero attached hydrogens (tertiary/aromatic N) is 1. The summed E-state index contributed by atoms with van der Waals surface area (Å²) in [5.41, 5.74) is 2.00. The Labute approximate surface area is 154 Å². The first-order chi connectivity index (χ1) is 12.7. The van der Waals surface area contributed by atoms with Gasteiger partial charge >= 0.3 is 0 Å². The molecule has 5 nitrogen and oxygen atoms in total. The van der Waals surface area contributed by atoms with Crippen LogP contribution >= 0.6 is 0 Å². The van der Waals surface area contributed by atoms with E-state index in [1.165, 1.54) is 6.42 Å². The van der Waals surface area contributed by atoms with E-state index in [1.807, 2.05) is 48.5 Å². The Morgan fingerprint density at radius 1 is 0.923 bits per heavy atom. The Bertz CT molecular complexity index is 700. The van der Waals surface area contributed by atoms with Crippen molar-refractivity contribution in [3.63, 3.8) is 0 Å². The second kappa shape index (κ2) is 8.70. The highest BCUT2D eigenvalue weighted by Crippen LogP contribution is 2.39. The second-order valence-electron chi connectivity index (χ2n) is 6.75. The maximum atomic E-state index is 11.7. The van der Waals surface area contributed by atoms with Gasteiger partial charge in [-0.2, -0.15) is 4.91 Å². The molecule has 2 aromatic carbocycles. The second-order valence-corrected chi connectivity index (χ2v) is 6.75. The molecule has 3 atom stereocenters. The van der Waals surface area contributed by atoms with Crippen LogP contribution in [0.15, 0.2) is 53.7 Å². The van der Waals surface area contributed by atoms with Crippen LogP contribution in [-0.2, 0) is 0 Å². The molecule has 0 heterocycles. The fraction of sp³-hybridized carbons (Fsp3) is 0.429. The molecule has 5 heteroatoms. The summed E-state index contributed by atoms with van der Waals surface area (Å²) < 4.78 is 10.4. The predicted octanol–water partition coefficient (Wildman–Crippen LogP) is 5.18. The number of rotatable bonds is 7. The molecule has 0 aromatic heterocycles. The topological polar surface area (TPSA) is 59.9 Å². The molecule has 1 aliphatic carbocycles. The van der Waals surface area contributed by atoms with E-state index in [0.717, 1.165) is 42.0 Å². The van der Waals surface area contributed by atoms with Gasteiger partial charge in [0.25, 0.3) is 0 Å². The summed E-state index contributed by atoms with van der Waals surface area (Å²) in [6.07, 6.45) is 4.33. The van der Waals surface area contributed by atoms with Gasteiger partial charge in [-0.3, -0.25) is 0 Å². The van der Waals surface area contributed by atoms with Gasteiger partial charge in [0.1, 0.15) is 17.5 Å². The zero-order valence-electron chi connectivity index (χ0n) is 15.4. The Kier molecular flexibility index (Phi) is 6.10. The van der Waals surface area contributed by atoms with Crippen LogP contribution in [-0.4, -0.2) is 20.3 Å². The third kappa shape index (κ3) is 4.15. The summed E-state index contributed by atoms with van der Waals surface area (Å²) in [6, 6.07) is 15.5. The Hall–Kier alpha value is -2.56. The van der Waals surface area contributed by atoms with Gasteiger partial charge in [-0.1, -0.05) is 30.2 Å². The summed E-state index contributed by atoms with van der Waals surface area (Å²) in [5, 5.41) is 7.12. The number of hydrogen-bond donors (Lipinski definition) is 1. The zero-order chi connectivity index (χ0) is 18.4. The molecule has 3 rings (SSSR count). The normalized spacial score (nSPS) is 20.8. The Balaban J connectivity index is 1.78. The van der Waals surface area contributed by atoms with E-state index in [-0.39, 0.29) is 18.0 Å². The van der Waals surface area contributed by atoms with E-state index >= 15 is 0 Å². The van der Waals surface area contributed by atoms with Crippen LogP contribution in [0, 0.1) is 10.8 Å². The van der Waals surface area contributed by atoms with E-state index < -0.39 is 0 Å². The Morgan fingerprint density at radius 3 is 2.08 bits per heavy atom. The van der Waals surface area contributed by atoms with Crippen LogP contribution < -0.4 is 14.8 Å². The van der Waals surface area contributed by atoms with Crippen LogP contribution in [0.5, 0.6) is 11.5 Å². The molecular formula is C21H26N2O3. The van der Waals surface area contributed by atoms with Gasteiger partial charge in [-0.25, -0.2) is 0 Å². The molecule has 0 spiro atoms. The molecule has 138 valence electrons. The highest BCUT2D eigenvalue weighted by molar-refractivity contribution is 5.47. The van der Waals surface area contributed by atoms with Crippen molar-refractivity contribution in [1.82, 2.24) is 0 Å². The lowest BCUT2D eigenvalue weighted by Gasteiger charge is -2.35. The van der Waals surface area contributed by atoms with Crippen molar-refractivity contribution < 1.29 is 9.47 Å². The van der Waals surface area contributed by atoms with Crippen molar-refractivity contribution in [3.8, 4) is 11.5 Å². The summed E-state index contributed by atoms with van der Waals surface area (Å²) in [4.78, 5) is 11.7. The van der Waals surface area contributed by atoms with Crippen molar-refractivity contribution in [3.05, 3.63) is 59.0 Å². The third-order valence-electron chi connectivity index (χ3n) is 5.24. The van der Waals surface area contributed by atoms with Gasteiger partial charge in [-0.15, -0.1) is 0 Å². The SMILES string of the molecule is COc1ccc(NC2CCCCC2C(N=O)c2ccc(OC)cc2)cc1. The zero-order valence-corrected chi connectivity index (χ0v) is 15.4. The van der Waals surface area contributed by atoms with E-state index in [0.29, 0.717) is 0 Å². The van der Waals surface area contributed by atoms with Gasteiger partial charge in [0.15, 0.2) is 0 Å². The molecule has 3 unspecified atom stereocenters. The van der Waals surface area contributed by atoms with Gasteiger partial charge in [0, 0.05) is 17.6 Å². The van der Waals surface area contributed by atoms with Crippen molar-refractivity contribution in [1.29, 1.82) is 0 Å². The molecule has 1 N–H and O–H groups in total. The maximum Gasteiger partial charge on any atom is 0.122 e. The van der Waals surface area contributed by atoms with Crippen LogP contribution in [0.1, 0.15) is 37.3 Å². The van der Waals surface area contributed by atoms with Crippen LogP contribution in [0.25, 0.3) is 0 Å². The Morgan fingerprint density at radius 2 is 1.50 bits per heavy atom. The van der Waals surface area contributed by atoms with Crippen LogP contribution in [0.4, 0.5) is 5.69 Å². The number of anilines is 1. The van der Waals surface area contributed by atoms with E-state index in [9.17, 15) is 4.91 Å². The average molecular weight is 354 g/mol. The first kappa shape index (κ1) is 18.2. The summed E-state index contributed by atoms with van der Waals surface area (Å²) in [7, 11) is 3.30. The number of nitrogens with one attached hydrogen (secondary N) is 1. The largest absolute Gasteiger partial charge is 0.497 e. The first-order valence-corrected chi connectivity index (χ1v) is 9.12. The van der Waals surface area contributed by atoms with Gasteiger partial charge in [0.05, 0.1) is 14.2 Å². The quantitative estimate of drug-likeness (QED) is 0.696. The van der Waals surface area contributed by atoms with Gasteiger partial charge in [0.2, 0.25) is 0 Å². The molecule has 1 fully saturated rings. The predicted molar refractivity (Wildman–Crippen MR) is 104 cm³/mol. The summed E-state index contributed by atoms with van der Waals surface area (Å²) in [5.74, 6) is 1.80. The number of methoxy groups -OCH3 is 2. The smallest absolute Gasteiger partial charge is 0.122 e. The fourth-order valence-corrected chi connectivity index (χ4v) is 3.81. The molecule has 0 radical (unpaired) electrons. The third-order valence-corrected chi connectivity index (χ3v) is 5.24. The lowest BCUT2D eigenvalue weighted by molar-refractivity contribution is 0.280. The van der Waals surface area contributed by atoms with Gasteiger partial charge in [-0.05, 0) is 54.8 Å². The van der Waals surface area contributed by atoms with E-state index in [2.05, 4.69) is 10.5 Å². The minimum absolute atomic E-state index is 0.178. The van der Waals surface area contributed by atoms with Gasteiger partial charge < -0.3 is 14.8 Å². The summed E-state index contributed by atoms with van der Waals surface area (Å²) in [6.45, 7) is 0. The fourth-order valence-electron chi connectivity index (χ4n) is 3.81. The molecule has 0 aliphatic heterocycles. The standard InChI is InChI=1S/C21H26N2O3/c1-25-17-11-7-15(8-12-17)21(23-24)19-5-3-4-6-20(19)22-16-9-13-18(26-2)14-10-16/h7-14,19-22H,3-6H2,1-2H3. The number of benzene rings is 2. The molecule has 1 aliphatic rings. The summed E-state index contributed by atoms with van der Waals surface area (Å²) >= 11 is 0. The molecular weight excluding hydrogens is 328 g/mol. The number of hydrogen-bond acceptors (Lipinski definition) is 5. The molecule has 2 aromatic rings. The molecule has 0 saturated heterocycles. The minimum atomic E-state index is -0.350. The molecule has 0 bridgehead atoms. The molecule has 1 saturated carbocycles. The average Bonchev–Trinajstić information content (AvgIpc) is 2.71. The maximum absolute atomic E-state index is 11.7. The minimum Gasteiger partial charge on any atom is -0.497 e. The van der Waals surface area contributed by atoms with E-state index in [4.69, 9.17) is 9.47 Å². The van der Waals surface area contributed by atoms with Crippen molar-refractivity contribution >= 4 is 5.69 Å². The highest BCUT2D eigenvalue weighted by atomic mass is 16.5. The lowest BCUT2D eigenvalue weighted by atomic mass is 9.77. The lowest BCUT2D eigenvalue weighted by Crippen LogP contribution is -2.35.